The number of aromatic nitrogens is 3. The van der Waals surface area contributed by atoms with Gasteiger partial charge < -0.3 is 5.32 Å². The minimum atomic E-state index is 0. The molecule has 1 fully saturated rings. The van der Waals surface area contributed by atoms with Crippen LogP contribution in [0, 0.1) is 5.92 Å². The molecule has 2 aromatic heterocycles. The average Bonchev–Trinajstić information content (AvgIpc) is 2.89. The molecule has 2 aromatic rings. The zero-order chi connectivity index (χ0) is 13.8. The normalized spacial score (nSPS) is 17.0. The third kappa shape index (κ3) is 4.15. The number of rotatable bonds is 5. The molecule has 0 bridgehead atoms. The van der Waals surface area contributed by atoms with Crippen LogP contribution in [-0.4, -0.2) is 45.4 Å². The second-order valence-electron chi connectivity index (χ2n) is 5.59. The quantitative estimate of drug-likeness (QED) is 0.917. The lowest BCUT2D eigenvalue weighted by Crippen LogP contribution is -2.36. The Morgan fingerprint density at radius 1 is 1.33 bits per heavy atom. The van der Waals surface area contributed by atoms with Gasteiger partial charge in [0, 0.05) is 25.1 Å². The van der Waals surface area contributed by atoms with E-state index in [-0.39, 0.29) is 12.4 Å². The molecule has 0 saturated carbocycles. The van der Waals surface area contributed by atoms with Crippen molar-refractivity contribution in [2.75, 3.05) is 26.2 Å². The molecule has 0 unspecified atom stereocenters. The lowest BCUT2D eigenvalue weighted by molar-refractivity contribution is 0.174. The highest BCUT2D eigenvalue weighted by Crippen LogP contribution is 2.18. The van der Waals surface area contributed by atoms with Gasteiger partial charge in [-0.15, -0.1) is 12.4 Å². The SMILES string of the molecule is CCNCC1CCN(Cc2cn3cccnc3n2)CC1.Cl. The Balaban J connectivity index is 0.00000161. The maximum atomic E-state index is 4.57. The average molecular weight is 310 g/mol. The van der Waals surface area contributed by atoms with Crippen molar-refractivity contribution >= 4 is 18.2 Å². The Hall–Kier alpha value is -1.17. The van der Waals surface area contributed by atoms with Crippen LogP contribution in [-0.2, 0) is 6.54 Å². The number of hydrogen-bond acceptors (Lipinski definition) is 4. The number of hydrogen-bond donors (Lipinski definition) is 1. The van der Waals surface area contributed by atoms with Crippen LogP contribution >= 0.6 is 12.4 Å². The zero-order valence-electron chi connectivity index (χ0n) is 12.5. The number of nitrogens with one attached hydrogen (secondary N) is 1. The fourth-order valence-electron chi connectivity index (χ4n) is 2.88. The number of halogens is 1. The lowest BCUT2D eigenvalue weighted by Gasteiger charge is -2.31. The van der Waals surface area contributed by atoms with Gasteiger partial charge in [-0.1, -0.05) is 6.92 Å². The number of likely N-dealkylation sites (tertiary alicyclic amines) is 1. The zero-order valence-corrected chi connectivity index (χ0v) is 13.4. The van der Waals surface area contributed by atoms with E-state index >= 15 is 0 Å². The largest absolute Gasteiger partial charge is 0.317 e. The van der Waals surface area contributed by atoms with Gasteiger partial charge in [-0.2, -0.15) is 0 Å². The molecule has 0 amide bonds. The maximum Gasteiger partial charge on any atom is 0.233 e. The molecule has 1 N–H and O–H groups in total. The number of fused-ring (bicyclic) bond motifs is 1. The van der Waals surface area contributed by atoms with Crippen molar-refractivity contribution in [2.24, 2.45) is 5.92 Å². The van der Waals surface area contributed by atoms with E-state index in [1.165, 1.54) is 32.5 Å². The smallest absolute Gasteiger partial charge is 0.233 e. The summed E-state index contributed by atoms with van der Waals surface area (Å²) in [4.78, 5) is 11.3. The summed E-state index contributed by atoms with van der Waals surface area (Å²) >= 11 is 0. The third-order valence-electron chi connectivity index (χ3n) is 4.06. The second-order valence-corrected chi connectivity index (χ2v) is 5.59. The van der Waals surface area contributed by atoms with E-state index in [4.69, 9.17) is 0 Å². The Morgan fingerprint density at radius 3 is 2.86 bits per heavy atom. The van der Waals surface area contributed by atoms with E-state index in [0.29, 0.717) is 0 Å². The fraction of sp³-hybridized carbons (Fsp3) is 0.600. The molecule has 0 atom stereocenters. The van der Waals surface area contributed by atoms with Crippen LogP contribution in [0.15, 0.2) is 24.7 Å². The Labute approximate surface area is 132 Å². The first-order chi connectivity index (χ1) is 9.85. The molecule has 0 radical (unpaired) electrons. The molecular formula is C15H24ClN5. The topological polar surface area (TPSA) is 45.5 Å². The van der Waals surface area contributed by atoms with Gasteiger partial charge in [0.25, 0.3) is 0 Å². The predicted octanol–water partition coefficient (Wildman–Crippen LogP) is 1.97. The molecule has 6 heteroatoms. The molecule has 3 heterocycles. The second kappa shape index (κ2) is 7.73. The molecule has 0 spiro atoms. The van der Waals surface area contributed by atoms with Gasteiger partial charge in [0.2, 0.25) is 5.78 Å². The van der Waals surface area contributed by atoms with E-state index < -0.39 is 0 Å². The Kier molecular flexibility index (Phi) is 5.96. The summed E-state index contributed by atoms with van der Waals surface area (Å²) in [5.41, 5.74) is 1.12. The fourth-order valence-corrected chi connectivity index (χ4v) is 2.88. The highest BCUT2D eigenvalue weighted by Gasteiger charge is 2.19. The summed E-state index contributed by atoms with van der Waals surface area (Å²) < 4.78 is 1.99. The van der Waals surface area contributed by atoms with Crippen molar-refractivity contribution in [1.29, 1.82) is 0 Å². The molecule has 21 heavy (non-hydrogen) atoms. The van der Waals surface area contributed by atoms with Gasteiger partial charge in [0.05, 0.1) is 5.69 Å². The molecule has 1 aliphatic heterocycles. The maximum absolute atomic E-state index is 4.57. The summed E-state index contributed by atoms with van der Waals surface area (Å²) in [5, 5.41) is 3.46. The van der Waals surface area contributed by atoms with Crippen molar-refractivity contribution < 1.29 is 0 Å². The first kappa shape index (κ1) is 16.2. The van der Waals surface area contributed by atoms with E-state index in [1.54, 1.807) is 6.20 Å². The summed E-state index contributed by atoms with van der Waals surface area (Å²) in [6, 6.07) is 1.94. The highest BCUT2D eigenvalue weighted by atomic mass is 35.5. The molecule has 3 rings (SSSR count). The van der Waals surface area contributed by atoms with E-state index in [1.807, 2.05) is 16.7 Å². The Morgan fingerprint density at radius 2 is 2.14 bits per heavy atom. The number of imidazole rings is 1. The lowest BCUT2D eigenvalue weighted by atomic mass is 9.97. The van der Waals surface area contributed by atoms with Gasteiger partial charge >= 0.3 is 0 Å². The summed E-state index contributed by atoms with van der Waals surface area (Å²) in [6.45, 7) is 7.72. The minimum Gasteiger partial charge on any atom is -0.317 e. The van der Waals surface area contributed by atoms with E-state index in [9.17, 15) is 0 Å². The van der Waals surface area contributed by atoms with Crippen LogP contribution in [0.4, 0.5) is 0 Å². The minimum absolute atomic E-state index is 0. The van der Waals surface area contributed by atoms with Crippen LogP contribution in [0.1, 0.15) is 25.5 Å². The van der Waals surface area contributed by atoms with Crippen molar-refractivity contribution in [3.05, 3.63) is 30.4 Å². The first-order valence-corrected chi connectivity index (χ1v) is 7.57. The van der Waals surface area contributed by atoms with Crippen molar-refractivity contribution in [3.63, 3.8) is 0 Å². The number of piperidine rings is 1. The van der Waals surface area contributed by atoms with Crippen molar-refractivity contribution in [2.45, 2.75) is 26.3 Å². The Bertz CT molecular complexity index is 515. The molecule has 0 aromatic carbocycles. The first-order valence-electron chi connectivity index (χ1n) is 7.57. The standard InChI is InChI=1S/C15H23N5.ClH/c1-2-16-10-13-4-8-19(9-5-13)11-14-12-20-7-3-6-17-15(20)18-14;/h3,6-7,12-13,16H,2,4-5,8-11H2,1H3;1H. The van der Waals surface area contributed by atoms with Crippen LogP contribution in [0.5, 0.6) is 0 Å². The highest BCUT2D eigenvalue weighted by molar-refractivity contribution is 5.85. The van der Waals surface area contributed by atoms with E-state index in [0.717, 1.165) is 30.5 Å². The monoisotopic (exact) mass is 309 g/mol. The van der Waals surface area contributed by atoms with Crippen molar-refractivity contribution in [1.82, 2.24) is 24.6 Å². The molecule has 0 aliphatic carbocycles. The van der Waals surface area contributed by atoms with Crippen LogP contribution in [0.3, 0.4) is 0 Å². The molecule has 1 aliphatic rings. The van der Waals surface area contributed by atoms with Crippen LogP contribution in [0.25, 0.3) is 5.78 Å². The molecule has 1 saturated heterocycles. The summed E-state index contributed by atoms with van der Waals surface area (Å²) in [5.74, 6) is 1.64. The third-order valence-corrected chi connectivity index (χ3v) is 4.06. The summed E-state index contributed by atoms with van der Waals surface area (Å²) in [6.07, 6.45) is 8.46. The molecule has 116 valence electrons. The van der Waals surface area contributed by atoms with Crippen molar-refractivity contribution in [3.8, 4) is 0 Å². The molecule has 5 nitrogen and oxygen atoms in total. The molecular weight excluding hydrogens is 286 g/mol. The summed E-state index contributed by atoms with van der Waals surface area (Å²) in [7, 11) is 0. The van der Waals surface area contributed by atoms with Crippen LogP contribution < -0.4 is 5.32 Å². The van der Waals surface area contributed by atoms with Gasteiger partial charge in [-0.3, -0.25) is 9.30 Å². The van der Waals surface area contributed by atoms with Crippen LogP contribution in [0.2, 0.25) is 0 Å². The van der Waals surface area contributed by atoms with E-state index in [2.05, 4.69) is 33.3 Å². The van der Waals surface area contributed by atoms with Gasteiger partial charge in [0.1, 0.15) is 0 Å². The van der Waals surface area contributed by atoms with Gasteiger partial charge in [0.15, 0.2) is 0 Å². The number of nitrogens with zero attached hydrogens (tertiary/aromatic N) is 4. The predicted molar refractivity (Wildman–Crippen MR) is 86.8 cm³/mol. The van der Waals surface area contributed by atoms with Gasteiger partial charge in [-0.05, 0) is 51.0 Å². The van der Waals surface area contributed by atoms with Gasteiger partial charge in [-0.25, -0.2) is 9.97 Å².